The Morgan fingerprint density at radius 2 is 2.39 bits per heavy atom. The molecule has 1 aliphatic rings. The summed E-state index contributed by atoms with van der Waals surface area (Å²) in [5.41, 5.74) is 0.225. The molecular formula is C15H15FN4O3. The number of hydrogen-bond acceptors (Lipinski definition) is 4. The smallest absolute Gasteiger partial charge is 0.414 e. The number of H-pyrrole nitrogens is 1. The maximum absolute atomic E-state index is 14.2. The Morgan fingerprint density at radius 3 is 3.00 bits per heavy atom. The molecule has 120 valence electrons. The van der Waals surface area contributed by atoms with Crippen molar-refractivity contribution >= 4 is 23.6 Å². The van der Waals surface area contributed by atoms with Crippen LogP contribution in [0, 0.1) is 5.82 Å². The van der Waals surface area contributed by atoms with Crippen molar-refractivity contribution in [2.75, 3.05) is 16.8 Å². The summed E-state index contributed by atoms with van der Waals surface area (Å²) in [4.78, 5) is 31.7. The zero-order valence-corrected chi connectivity index (χ0v) is 12.4. The Labute approximate surface area is 131 Å². The monoisotopic (exact) mass is 318 g/mol. The van der Waals surface area contributed by atoms with Gasteiger partial charge in [0.05, 0.1) is 17.8 Å². The van der Waals surface area contributed by atoms with Crippen molar-refractivity contribution in [3.05, 3.63) is 42.0 Å². The van der Waals surface area contributed by atoms with Gasteiger partial charge in [-0.15, -0.1) is 0 Å². The molecule has 1 aromatic heterocycles. The van der Waals surface area contributed by atoms with Crippen molar-refractivity contribution in [3.63, 3.8) is 0 Å². The van der Waals surface area contributed by atoms with Gasteiger partial charge in [0.15, 0.2) is 0 Å². The molecule has 0 radical (unpaired) electrons. The van der Waals surface area contributed by atoms with E-state index in [0.717, 1.165) is 6.07 Å². The number of nitrogens with zero attached hydrogens (tertiary/aromatic N) is 2. The third kappa shape index (κ3) is 3.01. The SMILES string of the molecule is CCC1CN(c2ccc(C(=O)Nc3ncc[nH]3)c(F)c2)C(=O)O1. The normalized spacial score (nSPS) is 17.2. The predicted octanol–water partition coefficient (Wildman–Crippen LogP) is 2.54. The summed E-state index contributed by atoms with van der Waals surface area (Å²) in [6, 6.07) is 3.99. The van der Waals surface area contributed by atoms with E-state index >= 15 is 0 Å². The molecule has 0 bridgehead atoms. The van der Waals surface area contributed by atoms with E-state index in [1.165, 1.54) is 29.4 Å². The van der Waals surface area contributed by atoms with Gasteiger partial charge in [-0.05, 0) is 24.6 Å². The largest absolute Gasteiger partial charge is 0.444 e. The second kappa shape index (κ2) is 6.07. The molecule has 0 spiro atoms. The average molecular weight is 318 g/mol. The van der Waals surface area contributed by atoms with E-state index in [1.54, 1.807) is 0 Å². The standard InChI is InChI=1S/C15H15FN4O3/c1-2-10-8-20(15(22)23-10)9-3-4-11(12(16)7-9)13(21)19-14-17-5-6-18-14/h3-7,10H,2,8H2,1H3,(H2,17,18,19,21). The van der Waals surface area contributed by atoms with Crippen molar-refractivity contribution in [1.82, 2.24) is 9.97 Å². The highest BCUT2D eigenvalue weighted by Gasteiger charge is 2.31. The summed E-state index contributed by atoms with van der Waals surface area (Å²) in [5, 5.41) is 2.44. The lowest BCUT2D eigenvalue weighted by atomic mass is 10.1. The molecule has 1 unspecified atom stereocenters. The molecule has 2 heterocycles. The molecule has 8 heteroatoms. The van der Waals surface area contributed by atoms with Crippen molar-refractivity contribution < 1.29 is 18.7 Å². The second-order valence-corrected chi connectivity index (χ2v) is 5.08. The zero-order valence-electron chi connectivity index (χ0n) is 12.4. The number of rotatable bonds is 4. The van der Waals surface area contributed by atoms with Crippen molar-refractivity contribution in [2.45, 2.75) is 19.4 Å². The van der Waals surface area contributed by atoms with Crippen molar-refractivity contribution in [3.8, 4) is 0 Å². The zero-order chi connectivity index (χ0) is 16.4. The van der Waals surface area contributed by atoms with Crippen LogP contribution >= 0.6 is 0 Å². The van der Waals surface area contributed by atoms with Crippen LogP contribution in [0.1, 0.15) is 23.7 Å². The average Bonchev–Trinajstić information content (AvgIpc) is 3.16. The molecule has 2 amide bonds. The summed E-state index contributed by atoms with van der Waals surface area (Å²) < 4.78 is 19.4. The van der Waals surface area contributed by atoms with Crippen LogP contribution in [0.15, 0.2) is 30.6 Å². The number of aromatic amines is 1. The van der Waals surface area contributed by atoms with Gasteiger partial charge in [-0.2, -0.15) is 0 Å². The Bertz CT molecular complexity index is 732. The lowest BCUT2D eigenvalue weighted by molar-refractivity contribution is 0.102. The summed E-state index contributed by atoms with van der Waals surface area (Å²) in [7, 11) is 0. The number of nitrogens with one attached hydrogen (secondary N) is 2. The van der Waals surface area contributed by atoms with Crippen LogP contribution < -0.4 is 10.2 Å². The molecule has 1 fully saturated rings. The number of halogens is 1. The van der Waals surface area contributed by atoms with Crippen LogP contribution in [0.2, 0.25) is 0 Å². The van der Waals surface area contributed by atoms with Crippen LogP contribution in [-0.4, -0.2) is 34.6 Å². The highest BCUT2D eigenvalue weighted by Crippen LogP contribution is 2.25. The first-order valence-corrected chi connectivity index (χ1v) is 7.17. The molecule has 2 N–H and O–H groups in total. The van der Waals surface area contributed by atoms with Gasteiger partial charge in [0.1, 0.15) is 11.9 Å². The molecule has 1 aromatic carbocycles. The summed E-state index contributed by atoms with van der Waals surface area (Å²) in [6.45, 7) is 2.27. The van der Waals surface area contributed by atoms with Crippen molar-refractivity contribution in [1.29, 1.82) is 0 Å². The quantitative estimate of drug-likeness (QED) is 0.907. The first-order valence-electron chi connectivity index (χ1n) is 7.17. The summed E-state index contributed by atoms with van der Waals surface area (Å²) >= 11 is 0. The van der Waals surface area contributed by atoms with Gasteiger partial charge in [-0.25, -0.2) is 14.2 Å². The molecular weight excluding hydrogens is 303 g/mol. The lowest BCUT2D eigenvalue weighted by Crippen LogP contribution is -2.25. The fourth-order valence-corrected chi connectivity index (χ4v) is 2.31. The predicted molar refractivity (Wildman–Crippen MR) is 80.8 cm³/mol. The number of carbonyl (C=O) groups is 2. The minimum atomic E-state index is -0.723. The van der Waals surface area contributed by atoms with E-state index in [0.29, 0.717) is 18.7 Å². The molecule has 1 saturated heterocycles. The number of aromatic nitrogens is 2. The minimum Gasteiger partial charge on any atom is -0.444 e. The molecule has 0 aliphatic carbocycles. The lowest BCUT2D eigenvalue weighted by Gasteiger charge is -2.14. The Morgan fingerprint density at radius 1 is 1.57 bits per heavy atom. The van der Waals surface area contributed by atoms with Gasteiger partial charge < -0.3 is 9.72 Å². The topological polar surface area (TPSA) is 87.3 Å². The first-order chi connectivity index (χ1) is 11.1. The van der Waals surface area contributed by atoms with E-state index in [2.05, 4.69) is 15.3 Å². The van der Waals surface area contributed by atoms with Crippen LogP contribution in [-0.2, 0) is 4.74 Å². The van der Waals surface area contributed by atoms with Gasteiger partial charge in [0.2, 0.25) is 5.95 Å². The number of anilines is 2. The number of ether oxygens (including phenoxy) is 1. The van der Waals surface area contributed by atoms with Crippen LogP contribution in [0.4, 0.5) is 20.8 Å². The Balaban J connectivity index is 1.78. The Kier molecular flexibility index (Phi) is 3.96. The second-order valence-electron chi connectivity index (χ2n) is 5.08. The van der Waals surface area contributed by atoms with Gasteiger partial charge in [-0.3, -0.25) is 15.0 Å². The number of benzene rings is 1. The molecule has 2 aromatic rings. The number of carbonyl (C=O) groups excluding carboxylic acids is 2. The number of hydrogen-bond donors (Lipinski definition) is 2. The third-order valence-electron chi connectivity index (χ3n) is 3.57. The first kappa shape index (κ1) is 15.0. The summed E-state index contributed by atoms with van der Waals surface area (Å²) in [6.07, 6.45) is 2.99. The molecule has 3 rings (SSSR count). The Hall–Kier alpha value is -2.90. The third-order valence-corrected chi connectivity index (χ3v) is 3.57. The van der Waals surface area contributed by atoms with E-state index in [4.69, 9.17) is 4.74 Å². The number of amides is 2. The minimum absolute atomic E-state index is 0.134. The van der Waals surface area contributed by atoms with E-state index in [1.807, 2.05) is 6.92 Å². The van der Waals surface area contributed by atoms with Crippen LogP contribution in [0.25, 0.3) is 0 Å². The molecule has 0 saturated carbocycles. The molecule has 7 nitrogen and oxygen atoms in total. The maximum Gasteiger partial charge on any atom is 0.414 e. The van der Waals surface area contributed by atoms with Crippen LogP contribution in [0.3, 0.4) is 0 Å². The fraction of sp³-hybridized carbons (Fsp3) is 0.267. The highest BCUT2D eigenvalue weighted by molar-refractivity contribution is 6.04. The fourth-order valence-electron chi connectivity index (χ4n) is 2.31. The highest BCUT2D eigenvalue weighted by atomic mass is 19.1. The van der Waals surface area contributed by atoms with Gasteiger partial charge in [0, 0.05) is 12.4 Å². The van der Waals surface area contributed by atoms with E-state index in [-0.39, 0.29) is 17.6 Å². The number of imidazole rings is 1. The van der Waals surface area contributed by atoms with Crippen molar-refractivity contribution in [2.24, 2.45) is 0 Å². The van der Waals surface area contributed by atoms with E-state index in [9.17, 15) is 14.0 Å². The van der Waals surface area contributed by atoms with Gasteiger partial charge >= 0.3 is 6.09 Å². The van der Waals surface area contributed by atoms with E-state index < -0.39 is 17.8 Å². The van der Waals surface area contributed by atoms with Gasteiger partial charge in [0.25, 0.3) is 5.91 Å². The molecule has 23 heavy (non-hydrogen) atoms. The van der Waals surface area contributed by atoms with Gasteiger partial charge in [-0.1, -0.05) is 6.92 Å². The van der Waals surface area contributed by atoms with Crippen LogP contribution in [0.5, 0.6) is 0 Å². The molecule has 1 atom stereocenters. The molecule has 1 aliphatic heterocycles. The number of cyclic esters (lactones) is 1. The summed E-state index contributed by atoms with van der Waals surface area (Å²) in [5.74, 6) is -1.12. The maximum atomic E-state index is 14.2.